The fourth-order valence-electron chi connectivity index (χ4n) is 3.97. The first kappa shape index (κ1) is 13.8. The van der Waals surface area contributed by atoms with Crippen molar-refractivity contribution in [1.29, 1.82) is 0 Å². The van der Waals surface area contributed by atoms with Gasteiger partial charge in [0.25, 0.3) is 5.91 Å². The summed E-state index contributed by atoms with van der Waals surface area (Å²) in [6.07, 6.45) is 3.19. The van der Waals surface area contributed by atoms with Gasteiger partial charge in [-0.1, -0.05) is 31.2 Å². The lowest BCUT2D eigenvalue weighted by Gasteiger charge is -2.23. The van der Waals surface area contributed by atoms with Crippen LogP contribution in [-0.4, -0.2) is 30.4 Å². The molecule has 22 heavy (non-hydrogen) atoms. The van der Waals surface area contributed by atoms with Crippen LogP contribution in [0.15, 0.2) is 30.3 Å². The molecule has 114 valence electrons. The smallest absolute Gasteiger partial charge is 0.254 e. The zero-order chi connectivity index (χ0) is 15.3. The monoisotopic (exact) mass is 294 g/mol. The van der Waals surface area contributed by atoms with E-state index in [4.69, 9.17) is 5.73 Å². The van der Waals surface area contributed by atoms with Gasteiger partial charge in [-0.3, -0.25) is 4.79 Å². The third-order valence-corrected chi connectivity index (χ3v) is 5.45. The molecule has 1 atom stereocenters. The minimum absolute atomic E-state index is 0.0739. The molecule has 2 aromatic carbocycles. The van der Waals surface area contributed by atoms with Gasteiger partial charge < -0.3 is 10.6 Å². The summed E-state index contributed by atoms with van der Waals surface area (Å²) >= 11 is 0. The van der Waals surface area contributed by atoms with E-state index >= 15 is 0 Å². The van der Waals surface area contributed by atoms with Crippen molar-refractivity contribution in [1.82, 2.24) is 4.90 Å². The normalized spacial score (nSPS) is 23.5. The quantitative estimate of drug-likeness (QED) is 0.925. The minimum Gasteiger partial charge on any atom is -0.338 e. The molecule has 1 amide bonds. The van der Waals surface area contributed by atoms with Crippen molar-refractivity contribution in [3.8, 4) is 0 Å². The Bertz CT molecular complexity index is 757. The predicted molar refractivity (Wildman–Crippen MR) is 89.0 cm³/mol. The molecule has 1 fully saturated rings. The van der Waals surface area contributed by atoms with E-state index in [0.29, 0.717) is 6.54 Å². The molecule has 1 saturated heterocycles. The van der Waals surface area contributed by atoms with Crippen molar-refractivity contribution >= 4 is 16.7 Å². The summed E-state index contributed by atoms with van der Waals surface area (Å²) in [5.74, 6) is 0.160. The Morgan fingerprint density at radius 2 is 2.00 bits per heavy atom. The summed E-state index contributed by atoms with van der Waals surface area (Å²) in [4.78, 5) is 15.0. The fraction of sp³-hybridized carbons (Fsp3) is 0.421. The summed E-state index contributed by atoms with van der Waals surface area (Å²) in [5, 5.41) is 2.44. The second-order valence-electron chi connectivity index (χ2n) is 7.10. The van der Waals surface area contributed by atoms with Gasteiger partial charge in [0.2, 0.25) is 0 Å². The molecule has 1 aliphatic carbocycles. The van der Waals surface area contributed by atoms with Crippen LogP contribution in [0.25, 0.3) is 10.8 Å². The molecule has 0 saturated carbocycles. The summed E-state index contributed by atoms with van der Waals surface area (Å²) in [6.45, 7) is 4.40. The number of aryl methyl sites for hydroxylation is 2. The van der Waals surface area contributed by atoms with Crippen molar-refractivity contribution in [2.75, 3.05) is 19.6 Å². The molecule has 3 nitrogen and oxygen atoms in total. The maximum atomic E-state index is 13.0. The maximum absolute atomic E-state index is 13.0. The van der Waals surface area contributed by atoms with Gasteiger partial charge in [-0.05, 0) is 59.2 Å². The van der Waals surface area contributed by atoms with Gasteiger partial charge in [-0.2, -0.15) is 0 Å². The van der Waals surface area contributed by atoms with E-state index < -0.39 is 0 Å². The molecule has 3 heteroatoms. The lowest BCUT2D eigenvalue weighted by molar-refractivity contribution is 0.0779. The number of carbonyl (C=O) groups excluding carboxylic acids is 1. The van der Waals surface area contributed by atoms with Crippen LogP contribution in [0.3, 0.4) is 0 Å². The average molecular weight is 294 g/mol. The summed E-state index contributed by atoms with van der Waals surface area (Å²) < 4.78 is 0. The van der Waals surface area contributed by atoms with E-state index in [-0.39, 0.29) is 11.3 Å². The Balaban J connectivity index is 1.75. The number of nitrogens with two attached hydrogens (primary N) is 1. The van der Waals surface area contributed by atoms with Gasteiger partial charge in [-0.15, -0.1) is 0 Å². The Kier molecular flexibility index (Phi) is 3.01. The third-order valence-electron chi connectivity index (χ3n) is 5.45. The predicted octanol–water partition coefficient (Wildman–Crippen LogP) is 2.75. The molecule has 0 spiro atoms. The van der Waals surface area contributed by atoms with E-state index in [0.717, 1.165) is 43.3 Å². The van der Waals surface area contributed by atoms with Crippen LogP contribution in [0.5, 0.6) is 0 Å². The van der Waals surface area contributed by atoms with Crippen LogP contribution < -0.4 is 5.73 Å². The van der Waals surface area contributed by atoms with Crippen LogP contribution >= 0.6 is 0 Å². The van der Waals surface area contributed by atoms with Crippen LogP contribution in [0.1, 0.15) is 34.8 Å². The molecular weight excluding hydrogens is 272 g/mol. The minimum atomic E-state index is 0.0739. The first-order chi connectivity index (χ1) is 10.6. The number of hydrogen-bond acceptors (Lipinski definition) is 2. The Hall–Kier alpha value is -1.87. The van der Waals surface area contributed by atoms with Gasteiger partial charge in [-0.25, -0.2) is 0 Å². The summed E-state index contributed by atoms with van der Waals surface area (Å²) in [6, 6.07) is 10.5. The average Bonchev–Trinajstić information content (AvgIpc) is 3.14. The first-order valence-corrected chi connectivity index (χ1v) is 8.14. The number of rotatable bonds is 2. The lowest BCUT2D eigenvalue weighted by atomic mass is 9.90. The van der Waals surface area contributed by atoms with Crippen molar-refractivity contribution < 1.29 is 4.79 Å². The van der Waals surface area contributed by atoms with Crippen LogP contribution in [0, 0.1) is 5.41 Å². The highest BCUT2D eigenvalue weighted by molar-refractivity contribution is 6.09. The van der Waals surface area contributed by atoms with Crippen molar-refractivity contribution in [3.63, 3.8) is 0 Å². The molecule has 1 unspecified atom stereocenters. The topological polar surface area (TPSA) is 46.3 Å². The Labute approximate surface area is 131 Å². The molecule has 2 aliphatic rings. The van der Waals surface area contributed by atoms with E-state index in [1.54, 1.807) is 0 Å². The highest BCUT2D eigenvalue weighted by atomic mass is 16.2. The molecule has 1 aliphatic heterocycles. The zero-order valence-corrected chi connectivity index (χ0v) is 13.1. The lowest BCUT2D eigenvalue weighted by Crippen LogP contribution is -2.34. The largest absolute Gasteiger partial charge is 0.338 e. The zero-order valence-electron chi connectivity index (χ0n) is 13.1. The van der Waals surface area contributed by atoms with E-state index in [9.17, 15) is 4.79 Å². The van der Waals surface area contributed by atoms with Gasteiger partial charge >= 0.3 is 0 Å². The molecule has 0 bridgehead atoms. The van der Waals surface area contributed by atoms with Crippen molar-refractivity contribution in [2.24, 2.45) is 11.1 Å². The highest BCUT2D eigenvalue weighted by Crippen LogP contribution is 2.35. The number of amides is 1. The number of carbonyl (C=O) groups is 1. The van der Waals surface area contributed by atoms with Gasteiger partial charge in [0.15, 0.2) is 0 Å². The number of likely N-dealkylation sites (tertiary alicyclic amines) is 1. The maximum Gasteiger partial charge on any atom is 0.254 e. The number of nitrogens with zero attached hydrogens (tertiary/aromatic N) is 1. The number of benzene rings is 2. The Morgan fingerprint density at radius 1 is 1.23 bits per heavy atom. The fourth-order valence-corrected chi connectivity index (χ4v) is 3.97. The van der Waals surface area contributed by atoms with Crippen molar-refractivity contribution in [3.05, 3.63) is 47.0 Å². The van der Waals surface area contributed by atoms with Gasteiger partial charge in [0.1, 0.15) is 0 Å². The van der Waals surface area contributed by atoms with Crippen LogP contribution in [0.4, 0.5) is 0 Å². The molecule has 4 rings (SSSR count). The Morgan fingerprint density at radius 3 is 2.73 bits per heavy atom. The van der Waals surface area contributed by atoms with E-state index in [2.05, 4.69) is 31.2 Å². The van der Waals surface area contributed by atoms with Crippen LogP contribution in [0.2, 0.25) is 0 Å². The highest BCUT2D eigenvalue weighted by Gasteiger charge is 2.35. The second kappa shape index (κ2) is 4.82. The second-order valence-corrected chi connectivity index (χ2v) is 7.10. The van der Waals surface area contributed by atoms with Crippen LogP contribution in [-0.2, 0) is 12.8 Å². The summed E-state index contributed by atoms with van der Waals surface area (Å²) in [7, 11) is 0. The number of hydrogen-bond donors (Lipinski definition) is 1. The van der Waals surface area contributed by atoms with Gasteiger partial charge in [0.05, 0.1) is 0 Å². The SMILES string of the molecule is CC1(CN)CCN(C(=O)c2ccc3c4c(cccc24)CC3)C1. The van der Waals surface area contributed by atoms with Crippen molar-refractivity contribution in [2.45, 2.75) is 26.2 Å². The van der Waals surface area contributed by atoms with E-state index in [1.165, 1.54) is 16.5 Å². The molecule has 1 heterocycles. The summed E-state index contributed by atoms with van der Waals surface area (Å²) in [5.41, 5.74) is 9.56. The molecule has 0 radical (unpaired) electrons. The molecule has 0 aromatic heterocycles. The standard InChI is InChI=1S/C19H22N2O/c1-19(11-20)9-10-21(12-19)18(22)16-8-7-14-6-5-13-3-2-4-15(16)17(13)14/h2-4,7-8H,5-6,9-12,20H2,1H3. The van der Waals surface area contributed by atoms with E-state index in [1.807, 2.05) is 11.0 Å². The molecular formula is C19H22N2O. The molecule has 2 aromatic rings. The third kappa shape index (κ3) is 1.96. The molecule has 2 N–H and O–H groups in total. The first-order valence-electron chi connectivity index (χ1n) is 8.14. The van der Waals surface area contributed by atoms with Gasteiger partial charge in [0, 0.05) is 18.7 Å².